The van der Waals surface area contributed by atoms with Crippen LogP contribution < -0.4 is 10.6 Å². The summed E-state index contributed by atoms with van der Waals surface area (Å²) in [6.45, 7) is 6.78. The largest absolute Gasteiger partial charge is 0.444 e. The number of nitrogen functional groups attached to an aromatic ring is 1. The van der Waals surface area contributed by atoms with E-state index in [2.05, 4.69) is 0 Å². The normalized spacial score (nSPS) is 18.4. The zero-order chi connectivity index (χ0) is 16.5. The van der Waals surface area contributed by atoms with E-state index >= 15 is 0 Å². The number of anilines is 2. The van der Waals surface area contributed by atoms with Gasteiger partial charge in [-0.25, -0.2) is 9.18 Å². The lowest BCUT2D eigenvalue weighted by molar-refractivity contribution is 0.0238. The zero-order valence-electron chi connectivity index (χ0n) is 13.6. The van der Waals surface area contributed by atoms with Crippen molar-refractivity contribution >= 4 is 17.5 Å². The summed E-state index contributed by atoms with van der Waals surface area (Å²) in [5, 5.41) is 0. The van der Waals surface area contributed by atoms with Crippen molar-refractivity contribution in [3.05, 3.63) is 24.0 Å². The number of hydrogen-bond donors (Lipinski definition) is 1. The Morgan fingerprint density at radius 3 is 2.73 bits per heavy atom. The Kier molecular flexibility index (Phi) is 4.49. The van der Waals surface area contributed by atoms with Gasteiger partial charge in [-0.2, -0.15) is 0 Å². The molecule has 2 rings (SSSR count). The number of amides is 1. The SMILES string of the molecule is CN(C(=O)OC(C)(C)C)[C@@H]1CCN(c2ccc(N)cc2F)C1. The second-order valence-corrected chi connectivity index (χ2v) is 6.69. The molecule has 0 bridgehead atoms. The molecule has 0 saturated carbocycles. The summed E-state index contributed by atoms with van der Waals surface area (Å²) >= 11 is 0. The lowest BCUT2D eigenvalue weighted by Gasteiger charge is -2.29. The number of halogens is 1. The first-order valence-corrected chi connectivity index (χ1v) is 7.43. The van der Waals surface area contributed by atoms with Crippen molar-refractivity contribution in [2.24, 2.45) is 0 Å². The molecule has 2 N–H and O–H groups in total. The Morgan fingerprint density at radius 2 is 2.14 bits per heavy atom. The van der Waals surface area contributed by atoms with Crippen LogP contribution in [0.5, 0.6) is 0 Å². The maximum absolute atomic E-state index is 14.0. The molecule has 22 heavy (non-hydrogen) atoms. The molecule has 0 aliphatic carbocycles. The molecule has 0 spiro atoms. The summed E-state index contributed by atoms with van der Waals surface area (Å²) in [5.74, 6) is -0.333. The van der Waals surface area contributed by atoms with E-state index in [1.54, 1.807) is 24.1 Å². The average Bonchev–Trinajstić information content (AvgIpc) is 2.85. The highest BCUT2D eigenvalue weighted by molar-refractivity contribution is 5.68. The first-order valence-electron chi connectivity index (χ1n) is 7.43. The molecule has 1 aromatic rings. The van der Waals surface area contributed by atoms with Gasteiger partial charge in [0.15, 0.2) is 0 Å². The van der Waals surface area contributed by atoms with Gasteiger partial charge in [0.2, 0.25) is 0 Å². The Bertz CT molecular complexity index is 557. The minimum absolute atomic E-state index is 0.00630. The van der Waals surface area contributed by atoms with Gasteiger partial charge >= 0.3 is 6.09 Å². The van der Waals surface area contributed by atoms with Crippen LogP contribution in [-0.4, -0.2) is 42.8 Å². The number of nitrogens with zero attached hydrogens (tertiary/aromatic N) is 2. The predicted molar refractivity (Wildman–Crippen MR) is 85.4 cm³/mol. The van der Waals surface area contributed by atoms with Crippen LogP contribution in [0.15, 0.2) is 18.2 Å². The number of hydrogen-bond acceptors (Lipinski definition) is 4. The molecule has 1 atom stereocenters. The van der Waals surface area contributed by atoms with Crippen molar-refractivity contribution in [1.82, 2.24) is 4.90 Å². The van der Waals surface area contributed by atoms with Crippen molar-refractivity contribution in [2.45, 2.75) is 38.8 Å². The molecule has 1 fully saturated rings. The van der Waals surface area contributed by atoms with Crippen molar-refractivity contribution in [3.8, 4) is 0 Å². The number of ether oxygens (including phenoxy) is 1. The number of carbonyl (C=O) groups excluding carboxylic acids is 1. The fraction of sp³-hybridized carbons (Fsp3) is 0.562. The molecule has 1 aliphatic heterocycles. The van der Waals surface area contributed by atoms with Gasteiger partial charge in [-0.1, -0.05) is 0 Å². The standard InChI is InChI=1S/C16H24FN3O2/c1-16(2,3)22-15(21)19(4)12-7-8-20(10-12)14-6-5-11(18)9-13(14)17/h5-6,9,12H,7-8,10,18H2,1-4H3/t12-/m1/s1. The molecule has 1 saturated heterocycles. The van der Waals surface area contributed by atoms with Crippen LogP contribution in [0, 0.1) is 5.82 Å². The summed E-state index contributed by atoms with van der Waals surface area (Å²) in [5.41, 5.74) is 5.98. The molecular weight excluding hydrogens is 285 g/mol. The topological polar surface area (TPSA) is 58.8 Å². The molecule has 1 aliphatic rings. The van der Waals surface area contributed by atoms with Gasteiger partial charge in [0.25, 0.3) is 0 Å². The van der Waals surface area contributed by atoms with Gasteiger partial charge in [-0.05, 0) is 45.4 Å². The number of nitrogens with two attached hydrogens (primary N) is 1. The first-order chi connectivity index (χ1) is 10.2. The highest BCUT2D eigenvalue weighted by atomic mass is 19.1. The third kappa shape index (κ3) is 3.81. The summed E-state index contributed by atoms with van der Waals surface area (Å²) in [6, 6.07) is 4.69. The quantitative estimate of drug-likeness (QED) is 0.854. The average molecular weight is 309 g/mol. The summed E-state index contributed by atoms with van der Waals surface area (Å²) in [4.78, 5) is 15.6. The molecular formula is C16H24FN3O2. The monoisotopic (exact) mass is 309 g/mol. The van der Waals surface area contributed by atoms with Gasteiger partial charge in [0.05, 0.1) is 11.7 Å². The lowest BCUT2D eigenvalue weighted by atomic mass is 10.2. The third-order valence-electron chi connectivity index (χ3n) is 3.71. The van der Waals surface area contributed by atoms with Crippen molar-refractivity contribution in [1.29, 1.82) is 0 Å². The molecule has 0 radical (unpaired) electrons. The van der Waals surface area contributed by atoms with Crippen LogP contribution in [0.4, 0.5) is 20.6 Å². The Morgan fingerprint density at radius 1 is 1.45 bits per heavy atom. The predicted octanol–water partition coefficient (Wildman–Crippen LogP) is 2.85. The molecule has 1 heterocycles. The summed E-state index contributed by atoms with van der Waals surface area (Å²) in [6.07, 6.45) is 0.427. The smallest absolute Gasteiger partial charge is 0.410 e. The minimum atomic E-state index is -0.521. The summed E-state index contributed by atoms with van der Waals surface area (Å²) in [7, 11) is 1.72. The van der Waals surface area contributed by atoms with E-state index in [0.29, 0.717) is 24.5 Å². The second-order valence-electron chi connectivity index (χ2n) is 6.69. The molecule has 1 aromatic carbocycles. The molecule has 0 unspecified atom stereocenters. The van der Waals surface area contributed by atoms with Gasteiger partial charge < -0.3 is 20.3 Å². The van der Waals surface area contributed by atoms with Crippen LogP contribution in [0.25, 0.3) is 0 Å². The lowest BCUT2D eigenvalue weighted by Crippen LogP contribution is -2.42. The van der Waals surface area contributed by atoms with Crippen LogP contribution in [0.1, 0.15) is 27.2 Å². The summed E-state index contributed by atoms with van der Waals surface area (Å²) < 4.78 is 19.4. The fourth-order valence-electron chi connectivity index (χ4n) is 2.54. The maximum Gasteiger partial charge on any atom is 0.410 e. The number of rotatable bonds is 2. The minimum Gasteiger partial charge on any atom is -0.444 e. The van der Waals surface area contributed by atoms with Crippen LogP contribution in [0.3, 0.4) is 0 Å². The molecule has 122 valence electrons. The van der Waals surface area contributed by atoms with Crippen LogP contribution in [-0.2, 0) is 4.74 Å². The van der Waals surface area contributed by atoms with Crippen molar-refractivity contribution in [3.63, 3.8) is 0 Å². The van der Waals surface area contributed by atoms with Crippen molar-refractivity contribution in [2.75, 3.05) is 30.8 Å². The Hall–Kier alpha value is -1.98. The van der Waals surface area contributed by atoms with E-state index < -0.39 is 5.60 Å². The van der Waals surface area contributed by atoms with E-state index in [-0.39, 0.29) is 18.0 Å². The molecule has 5 nitrogen and oxygen atoms in total. The second kappa shape index (κ2) is 6.02. The molecule has 6 heteroatoms. The van der Waals surface area contributed by atoms with E-state index in [9.17, 15) is 9.18 Å². The first kappa shape index (κ1) is 16.4. The van der Waals surface area contributed by atoms with Crippen LogP contribution >= 0.6 is 0 Å². The highest BCUT2D eigenvalue weighted by Crippen LogP contribution is 2.27. The van der Waals surface area contributed by atoms with Crippen molar-refractivity contribution < 1.29 is 13.9 Å². The van der Waals surface area contributed by atoms with Gasteiger partial charge in [0, 0.05) is 25.8 Å². The highest BCUT2D eigenvalue weighted by Gasteiger charge is 2.31. The van der Waals surface area contributed by atoms with E-state index in [0.717, 1.165) is 6.42 Å². The fourth-order valence-corrected chi connectivity index (χ4v) is 2.54. The zero-order valence-corrected chi connectivity index (χ0v) is 13.6. The number of benzene rings is 1. The van der Waals surface area contributed by atoms with E-state index in [4.69, 9.17) is 10.5 Å². The van der Waals surface area contributed by atoms with Gasteiger partial charge in [-0.3, -0.25) is 0 Å². The van der Waals surface area contributed by atoms with E-state index in [1.165, 1.54) is 6.07 Å². The van der Waals surface area contributed by atoms with Crippen LogP contribution in [0.2, 0.25) is 0 Å². The van der Waals surface area contributed by atoms with E-state index in [1.807, 2.05) is 25.7 Å². The van der Waals surface area contributed by atoms with Gasteiger partial charge in [-0.15, -0.1) is 0 Å². The maximum atomic E-state index is 14.0. The van der Waals surface area contributed by atoms with Gasteiger partial charge in [0.1, 0.15) is 11.4 Å². The number of likely N-dealkylation sites (N-methyl/N-ethyl adjacent to an activating group) is 1. The number of carbonyl (C=O) groups is 1. The Labute approximate surface area is 130 Å². The third-order valence-corrected chi connectivity index (χ3v) is 3.71. The molecule has 0 aromatic heterocycles. The Balaban J connectivity index is 2.01. The molecule has 1 amide bonds.